The van der Waals surface area contributed by atoms with Crippen LogP contribution in [0.25, 0.3) is 16.6 Å². The van der Waals surface area contributed by atoms with Gasteiger partial charge in [0.25, 0.3) is 5.91 Å². The lowest BCUT2D eigenvalue weighted by molar-refractivity contribution is -0.122. The number of pyridine rings is 1. The summed E-state index contributed by atoms with van der Waals surface area (Å²) in [6.45, 7) is 7.45. The van der Waals surface area contributed by atoms with Gasteiger partial charge in [-0.15, -0.1) is 0 Å². The summed E-state index contributed by atoms with van der Waals surface area (Å²) in [7, 11) is 2.10. The Morgan fingerprint density at radius 3 is 2.74 bits per heavy atom. The number of aromatic amines is 1. The molecule has 3 aliphatic heterocycles. The SMILES string of the molecule is CCN(CC)C(=O)c1cccc2[nH]c(C3=NNC4NC=C(c5cncc(NCC(=O)C6CCN(C)CC6)c5)C=C34)nc12. The first kappa shape index (κ1) is 27.6. The Morgan fingerprint density at radius 1 is 1.14 bits per heavy atom. The monoisotopic (exact) mass is 567 g/mol. The van der Waals surface area contributed by atoms with Crippen LogP contribution in [0.2, 0.25) is 0 Å². The van der Waals surface area contributed by atoms with E-state index in [0.717, 1.165) is 53.8 Å². The van der Waals surface area contributed by atoms with E-state index in [1.807, 2.05) is 44.3 Å². The van der Waals surface area contributed by atoms with E-state index in [2.05, 4.69) is 49.2 Å². The molecule has 2 aromatic heterocycles. The smallest absolute Gasteiger partial charge is 0.256 e. The van der Waals surface area contributed by atoms with Gasteiger partial charge >= 0.3 is 0 Å². The molecule has 1 unspecified atom stereocenters. The summed E-state index contributed by atoms with van der Waals surface area (Å²) >= 11 is 0. The molecule has 1 aromatic carbocycles. The van der Waals surface area contributed by atoms with Crippen LogP contribution < -0.4 is 16.1 Å². The Morgan fingerprint density at radius 2 is 1.95 bits per heavy atom. The molecule has 5 heterocycles. The lowest BCUT2D eigenvalue weighted by atomic mass is 9.92. The molecule has 11 nitrogen and oxygen atoms in total. The maximum absolute atomic E-state index is 13.2. The molecule has 0 spiro atoms. The van der Waals surface area contributed by atoms with Gasteiger partial charge in [0.1, 0.15) is 17.4 Å². The molecule has 1 saturated heterocycles. The van der Waals surface area contributed by atoms with Crippen molar-refractivity contribution in [1.82, 2.24) is 35.5 Å². The first-order chi connectivity index (χ1) is 20.4. The Balaban J connectivity index is 1.20. The number of hydrogen-bond donors (Lipinski definition) is 4. The van der Waals surface area contributed by atoms with Gasteiger partial charge in [0.2, 0.25) is 0 Å². The second-order valence-corrected chi connectivity index (χ2v) is 11.0. The first-order valence-corrected chi connectivity index (χ1v) is 14.7. The van der Waals surface area contributed by atoms with Crippen LogP contribution in [0.5, 0.6) is 0 Å². The second-order valence-electron chi connectivity index (χ2n) is 11.0. The molecule has 1 atom stereocenters. The number of piperidine rings is 1. The van der Waals surface area contributed by atoms with Gasteiger partial charge in [-0.3, -0.25) is 20.0 Å². The number of aromatic nitrogens is 3. The predicted octanol–water partition coefficient (Wildman–Crippen LogP) is 2.97. The molecule has 3 aromatic rings. The highest BCUT2D eigenvalue weighted by Crippen LogP contribution is 2.28. The summed E-state index contributed by atoms with van der Waals surface area (Å²) < 4.78 is 0. The van der Waals surface area contributed by atoms with Crippen molar-refractivity contribution in [3.63, 3.8) is 0 Å². The third-order valence-corrected chi connectivity index (χ3v) is 8.34. The standard InChI is InChI=1S/C31H37N9O2/c1-4-40(5-2)31(42)23-7-6-8-25-27(23)36-30(35-25)28-24-14-21(16-34-29(24)38-37-28)20-13-22(17-32-15-20)33-18-26(41)19-9-11-39(3)12-10-19/h6-8,13-17,19,29,33-34,38H,4-5,9-12,18H2,1-3H3,(H,35,36). The highest BCUT2D eigenvalue weighted by Gasteiger charge is 2.31. The highest BCUT2D eigenvalue weighted by atomic mass is 16.2. The number of benzene rings is 1. The fourth-order valence-corrected chi connectivity index (χ4v) is 5.77. The third kappa shape index (κ3) is 5.39. The molecule has 42 heavy (non-hydrogen) atoms. The molecule has 0 bridgehead atoms. The Kier molecular flexibility index (Phi) is 7.75. The molecule has 6 rings (SSSR count). The largest absolute Gasteiger partial charge is 0.377 e. The number of nitrogens with zero attached hydrogens (tertiary/aromatic N) is 5. The number of allylic oxidation sites excluding steroid dienone is 2. The number of Topliss-reactive ketones (excluding diaryl/α,β-unsaturated/α-hetero) is 1. The van der Waals surface area contributed by atoms with E-state index in [4.69, 9.17) is 4.98 Å². The second kappa shape index (κ2) is 11.8. The van der Waals surface area contributed by atoms with Crippen molar-refractivity contribution in [3.05, 3.63) is 71.5 Å². The average molecular weight is 568 g/mol. The number of rotatable bonds is 9. The minimum absolute atomic E-state index is 0.0363. The van der Waals surface area contributed by atoms with Gasteiger partial charge in [-0.25, -0.2) is 4.98 Å². The topological polar surface area (TPSA) is 131 Å². The van der Waals surface area contributed by atoms with Gasteiger partial charge in [-0.1, -0.05) is 6.07 Å². The maximum Gasteiger partial charge on any atom is 0.256 e. The molecule has 11 heteroatoms. The van der Waals surface area contributed by atoms with Crippen LogP contribution in [-0.4, -0.2) is 88.1 Å². The molecule has 0 aliphatic carbocycles. The molecule has 1 amide bonds. The molecule has 218 valence electrons. The van der Waals surface area contributed by atoms with E-state index in [0.29, 0.717) is 42.3 Å². The van der Waals surface area contributed by atoms with E-state index in [1.54, 1.807) is 17.3 Å². The van der Waals surface area contributed by atoms with Crippen LogP contribution in [-0.2, 0) is 4.79 Å². The molecule has 1 fully saturated rings. The number of nitrogens with one attached hydrogen (secondary N) is 4. The summed E-state index contributed by atoms with van der Waals surface area (Å²) in [6, 6.07) is 7.62. The van der Waals surface area contributed by atoms with Crippen molar-refractivity contribution in [1.29, 1.82) is 0 Å². The minimum atomic E-state index is -0.199. The van der Waals surface area contributed by atoms with Crippen molar-refractivity contribution in [3.8, 4) is 0 Å². The van der Waals surface area contributed by atoms with Gasteiger partial charge in [-0.2, -0.15) is 5.10 Å². The number of likely N-dealkylation sites (tertiary alicyclic amines) is 1. The van der Waals surface area contributed by atoms with Crippen LogP contribution in [0.3, 0.4) is 0 Å². The quantitative estimate of drug-likeness (QED) is 0.311. The van der Waals surface area contributed by atoms with Gasteiger partial charge in [0.15, 0.2) is 11.6 Å². The average Bonchev–Trinajstić information content (AvgIpc) is 3.64. The molecule has 0 saturated carbocycles. The van der Waals surface area contributed by atoms with Crippen LogP contribution in [0.15, 0.2) is 59.6 Å². The van der Waals surface area contributed by atoms with E-state index >= 15 is 0 Å². The van der Waals surface area contributed by atoms with Crippen molar-refractivity contribution >= 4 is 39.7 Å². The highest BCUT2D eigenvalue weighted by molar-refractivity contribution is 6.15. The lowest BCUT2D eigenvalue weighted by Gasteiger charge is -2.28. The number of carbonyl (C=O) groups is 2. The molecule has 3 aliphatic rings. The van der Waals surface area contributed by atoms with Crippen LogP contribution in [0.4, 0.5) is 5.69 Å². The summed E-state index contributed by atoms with van der Waals surface area (Å²) in [5, 5.41) is 11.2. The number of ketones is 1. The summed E-state index contributed by atoms with van der Waals surface area (Å²) in [5.41, 5.74) is 9.38. The first-order valence-electron chi connectivity index (χ1n) is 14.7. The fraction of sp³-hybridized carbons (Fsp3) is 0.387. The van der Waals surface area contributed by atoms with Crippen molar-refractivity contribution in [2.45, 2.75) is 32.9 Å². The zero-order valence-corrected chi connectivity index (χ0v) is 24.3. The summed E-state index contributed by atoms with van der Waals surface area (Å²) in [4.78, 5) is 42.6. The predicted molar refractivity (Wildman–Crippen MR) is 164 cm³/mol. The van der Waals surface area contributed by atoms with Crippen molar-refractivity contribution in [2.75, 3.05) is 45.1 Å². The van der Waals surface area contributed by atoms with E-state index < -0.39 is 0 Å². The number of amides is 1. The third-order valence-electron chi connectivity index (χ3n) is 8.34. The number of hydrogen-bond acceptors (Lipinski definition) is 9. The Bertz CT molecular complexity index is 1590. The number of para-hydroxylation sites is 1. The fourth-order valence-electron chi connectivity index (χ4n) is 5.77. The van der Waals surface area contributed by atoms with Crippen LogP contribution in [0, 0.1) is 5.92 Å². The number of anilines is 1. The maximum atomic E-state index is 13.2. The minimum Gasteiger partial charge on any atom is -0.377 e. The Hall–Kier alpha value is -4.51. The number of imidazole rings is 1. The summed E-state index contributed by atoms with van der Waals surface area (Å²) in [5.74, 6) is 0.928. The van der Waals surface area contributed by atoms with E-state index in [9.17, 15) is 9.59 Å². The molecule has 4 N–H and O–H groups in total. The number of hydrazone groups is 1. The summed E-state index contributed by atoms with van der Waals surface area (Å²) in [6.07, 6.45) is 9.19. The van der Waals surface area contributed by atoms with Gasteiger partial charge in [0, 0.05) is 48.7 Å². The van der Waals surface area contributed by atoms with E-state index in [1.165, 1.54) is 0 Å². The zero-order valence-electron chi connectivity index (χ0n) is 24.3. The Labute approximate surface area is 245 Å². The number of H-pyrrole nitrogens is 1. The lowest BCUT2D eigenvalue weighted by Crippen LogP contribution is -2.37. The molecular weight excluding hydrogens is 530 g/mol. The number of carbonyl (C=O) groups excluding carboxylic acids is 2. The van der Waals surface area contributed by atoms with Gasteiger partial charge in [-0.05, 0) is 76.7 Å². The van der Waals surface area contributed by atoms with Crippen molar-refractivity contribution < 1.29 is 9.59 Å². The number of dihydropyridines is 1. The number of fused-ring (bicyclic) bond motifs is 2. The van der Waals surface area contributed by atoms with E-state index in [-0.39, 0.29) is 23.8 Å². The van der Waals surface area contributed by atoms with Crippen LogP contribution in [0.1, 0.15) is 48.4 Å². The molecular formula is C31H37N9O2. The van der Waals surface area contributed by atoms with Crippen LogP contribution >= 0.6 is 0 Å². The van der Waals surface area contributed by atoms with Crippen molar-refractivity contribution in [2.24, 2.45) is 11.0 Å². The molecule has 0 radical (unpaired) electrons. The van der Waals surface area contributed by atoms with Gasteiger partial charge < -0.3 is 25.4 Å². The zero-order chi connectivity index (χ0) is 29.2. The van der Waals surface area contributed by atoms with Gasteiger partial charge in [0.05, 0.1) is 23.3 Å². The normalized spacial score (nSPS) is 18.8.